The van der Waals surface area contributed by atoms with E-state index in [4.69, 9.17) is 32.7 Å². The van der Waals surface area contributed by atoms with E-state index in [1.54, 1.807) is 29.2 Å². The molecule has 2 aromatic rings. The van der Waals surface area contributed by atoms with Crippen molar-refractivity contribution in [3.8, 4) is 11.5 Å². The second kappa shape index (κ2) is 17.9. The van der Waals surface area contributed by atoms with Crippen LogP contribution in [0.15, 0.2) is 42.0 Å². The number of carbonyl (C=O) groups excluding carboxylic acids is 3. The highest BCUT2D eigenvalue weighted by Gasteiger charge is 2.41. The van der Waals surface area contributed by atoms with E-state index in [0.29, 0.717) is 43.0 Å². The van der Waals surface area contributed by atoms with E-state index in [1.165, 1.54) is 19.3 Å². The quantitative estimate of drug-likeness (QED) is 0.114. The van der Waals surface area contributed by atoms with E-state index < -0.39 is 24.2 Å². The molecule has 44 heavy (non-hydrogen) atoms. The molecule has 0 saturated heterocycles. The van der Waals surface area contributed by atoms with Gasteiger partial charge in [-0.15, -0.1) is 0 Å². The molecule has 1 aliphatic carbocycles. The lowest BCUT2D eigenvalue weighted by Crippen LogP contribution is -2.54. The maximum Gasteiger partial charge on any atom is 0.247 e. The molecule has 0 fully saturated rings. The first-order valence-electron chi connectivity index (χ1n) is 14.6. The Kier molecular flexibility index (Phi) is 14.7. The minimum absolute atomic E-state index is 0.0392. The van der Waals surface area contributed by atoms with Gasteiger partial charge in [-0.2, -0.15) is 0 Å². The van der Waals surface area contributed by atoms with Gasteiger partial charge in [0.2, 0.25) is 11.8 Å². The number of carbonyl (C=O) groups is 3. The molecule has 0 saturated carbocycles. The van der Waals surface area contributed by atoms with E-state index in [2.05, 4.69) is 12.2 Å². The Bertz CT molecular complexity index is 1340. The molecule has 2 aromatic carbocycles. The van der Waals surface area contributed by atoms with Gasteiger partial charge in [-0.25, -0.2) is 0 Å². The molecule has 12 heteroatoms. The largest absolute Gasteiger partial charge is 0.493 e. The summed E-state index contributed by atoms with van der Waals surface area (Å²) in [7, 11) is 1.44. The fourth-order valence-corrected chi connectivity index (χ4v) is 6.16. The molecule has 3 unspecified atom stereocenters. The average molecular weight is 761 g/mol. The monoisotopic (exact) mass is 760 g/mol. The summed E-state index contributed by atoms with van der Waals surface area (Å²) in [6, 6.07) is 7.41. The fourth-order valence-electron chi connectivity index (χ4n) is 5.09. The van der Waals surface area contributed by atoms with Crippen molar-refractivity contribution >= 4 is 63.9 Å². The van der Waals surface area contributed by atoms with Gasteiger partial charge in [0.1, 0.15) is 18.5 Å². The second-order valence-corrected chi connectivity index (χ2v) is 12.6. The maximum absolute atomic E-state index is 13.8. The second-order valence-electron chi connectivity index (χ2n) is 10.6. The Morgan fingerprint density at radius 2 is 1.89 bits per heavy atom. The van der Waals surface area contributed by atoms with Crippen molar-refractivity contribution in [1.29, 1.82) is 0 Å². The number of ether oxygens (including phenoxy) is 2. The van der Waals surface area contributed by atoms with Crippen molar-refractivity contribution < 1.29 is 34.1 Å². The van der Waals surface area contributed by atoms with Crippen molar-refractivity contribution in [3.05, 3.63) is 66.7 Å². The van der Waals surface area contributed by atoms with Crippen LogP contribution >= 0.6 is 45.8 Å². The minimum atomic E-state index is -1.23. The van der Waals surface area contributed by atoms with E-state index in [9.17, 15) is 24.6 Å². The van der Waals surface area contributed by atoms with Crippen molar-refractivity contribution in [3.63, 3.8) is 0 Å². The van der Waals surface area contributed by atoms with Gasteiger partial charge in [-0.1, -0.05) is 61.9 Å². The predicted octanol–water partition coefficient (Wildman–Crippen LogP) is 5.72. The van der Waals surface area contributed by atoms with E-state index in [-0.39, 0.29) is 49.9 Å². The Hall–Kier alpha value is -2.38. The highest BCUT2D eigenvalue weighted by Crippen LogP contribution is 2.37. The summed E-state index contributed by atoms with van der Waals surface area (Å²) in [5.74, 6) is -0.0456. The van der Waals surface area contributed by atoms with Crippen LogP contribution in [0.2, 0.25) is 10.0 Å². The number of amides is 2. The maximum atomic E-state index is 13.8. The Labute approximate surface area is 282 Å². The first-order chi connectivity index (χ1) is 21.1. The summed E-state index contributed by atoms with van der Waals surface area (Å²) >= 11 is 14.4. The molecule has 3 rings (SSSR count). The third-order valence-electron chi connectivity index (χ3n) is 7.41. The van der Waals surface area contributed by atoms with E-state index in [1.807, 2.05) is 22.6 Å². The predicted molar refractivity (Wildman–Crippen MR) is 178 cm³/mol. The number of hydrogen-bond acceptors (Lipinski definition) is 7. The van der Waals surface area contributed by atoms with Crippen LogP contribution in [0.5, 0.6) is 11.5 Å². The zero-order chi connectivity index (χ0) is 32.2. The number of nitrogens with zero attached hydrogens (tertiary/aromatic N) is 1. The number of benzene rings is 2. The van der Waals surface area contributed by atoms with Gasteiger partial charge in [0.15, 0.2) is 11.5 Å². The molecular weight excluding hydrogens is 722 g/mol. The van der Waals surface area contributed by atoms with Crippen LogP contribution < -0.4 is 14.8 Å². The Morgan fingerprint density at radius 3 is 2.55 bits per heavy atom. The molecule has 1 aliphatic rings. The number of rotatable bonds is 16. The van der Waals surface area contributed by atoms with Crippen LogP contribution in [0.1, 0.15) is 67.8 Å². The molecular formula is C32H39Cl2IN2O7. The smallest absolute Gasteiger partial charge is 0.247 e. The standard InChI is InChI=1S/C32H39Cl2IN2O7/c1-3-4-5-6-7-8-29(40)37(18-20-9-10-23(33)24(34)13-20)26-16-22(32(42)36-11-12-38)17-27(30(26)41)44-31-25(35)14-21(19-39)15-28(31)43-2/h9-10,13-15,17,19,26-27,30,38,41H,3-8,11-12,16,18H2,1-2H3,(H,36,42). The van der Waals surface area contributed by atoms with Gasteiger partial charge in [-0.3, -0.25) is 14.4 Å². The summed E-state index contributed by atoms with van der Waals surface area (Å²) < 4.78 is 12.3. The summed E-state index contributed by atoms with van der Waals surface area (Å²) in [5.41, 5.74) is 1.40. The number of aliphatic hydroxyl groups is 2. The van der Waals surface area contributed by atoms with Crippen LogP contribution in [0.25, 0.3) is 0 Å². The van der Waals surface area contributed by atoms with Crippen molar-refractivity contribution in [1.82, 2.24) is 10.2 Å². The number of nitrogens with one attached hydrogen (secondary N) is 1. The van der Waals surface area contributed by atoms with Gasteiger partial charge in [0, 0.05) is 37.1 Å². The molecule has 0 aromatic heterocycles. The van der Waals surface area contributed by atoms with Crippen LogP contribution in [0.3, 0.4) is 0 Å². The Balaban J connectivity index is 2.01. The van der Waals surface area contributed by atoms with Gasteiger partial charge in [0.25, 0.3) is 0 Å². The molecule has 3 N–H and O–H groups in total. The normalized spacial score (nSPS) is 17.9. The summed E-state index contributed by atoms with van der Waals surface area (Å²) in [5, 5.41) is 24.4. The lowest BCUT2D eigenvalue weighted by Gasteiger charge is -2.41. The molecule has 9 nitrogen and oxygen atoms in total. The lowest BCUT2D eigenvalue weighted by atomic mass is 9.87. The first kappa shape index (κ1) is 36.1. The number of halogens is 3. The number of aldehydes is 1. The van der Waals surface area contributed by atoms with Gasteiger partial charge < -0.3 is 29.9 Å². The third kappa shape index (κ3) is 9.81. The molecule has 0 aliphatic heterocycles. The number of hydrogen-bond donors (Lipinski definition) is 3. The summed E-state index contributed by atoms with van der Waals surface area (Å²) in [6.07, 6.45) is 5.07. The van der Waals surface area contributed by atoms with Gasteiger partial charge >= 0.3 is 0 Å². The summed E-state index contributed by atoms with van der Waals surface area (Å²) in [4.78, 5) is 40.0. The zero-order valence-electron chi connectivity index (χ0n) is 24.9. The van der Waals surface area contributed by atoms with E-state index in [0.717, 1.165) is 25.7 Å². The molecule has 0 bridgehead atoms. The molecule has 240 valence electrons. The van der Waals surface area contributed by atoms with Gasteiger partial charge in [-0.05, 0) is 64.9 Å². The Morgan fingerprint density at radius 1 is 1.14 bits per heavy atom. The number of methoxy groups -OCH3 is 1. The number of aliphatic hydroxyl groups excluding tert-OH is 2. The SMILES string of the molecule is CCCCCCCC(=O)N(Cc1ccc(Cl)c(Cl)c1)C1CC(C(=O)NCCO)=CC(Oc2c(I)cc(C=O)cc2OC)C1O. The summed E-state index contributed by atoms with van der Waals surface area (Å²) in [6.45, 7) is 2.04. The van der Waals surface area contributed by atoms with Gasteiger partial charge in [0.05, 0.1) is 33.4 Å². The highest BCUT2D eigenvalue weighted by molar-refractivity contribution is 14.1. The molecule has 3 atom stereocenters. The molecule has 2 amide bonds. The topological polar surface area (TPSA) is 125 Å². The van der Waals surface area contributed by atoms with E-state index >= 15 is 0 Å². The number of unbranched alkanes of at least 4 members (excludes halogenated alkanes) is 4. The minimum Gasteiger partial charge on any atom is -0.493 e. The van der Waals surface area contributed by atoms with Crippen LogP contribution in [0, 0.1) is 3.57 Å². The van der Waals surface area contributed by atoms with Crippen LogP contribution in [-0.4, -0.2) is 71.7 Å². The lowest BCUT2D eigenvalue weighted by molar-refractivity contribution is -0.139. The van der Waals surface area contributed by atoms with Crippen molar-refractivity contribution in [2.24, 2.45) is 0 Å². The highest BCUT2D eigenvalue weighted by atomic mass is 127. The third-order valence-corrected chi connectivity index (χ3v) is 8.95. The molecule has 0 spiro atoms. The fraction of sp³-hybridized carbons (Fsp3) is 0.469. The van der Waals surface area contributed by atoms with Crippen LogP contribution in [-0.2, 0) is 16.1 Å². The molecule has 0 heterocycles. The molecule has 0 radical (unpaired) electrons. The van der Waals surface area contributed by atoms with Crippen molar-refractivity contribution in [2.75, 3.05) is 20.3 Å². The first-order valence-corrected chi connectivity index (χ1v) is 16.5. The van der Waals surface area contributed by atoms with Crippen LogP contribution in [0.4, 0.5) is 0 Å². The zero-order valence-corrected chi connectivity index (χ0v) is 28.5. The van der Waals surface area contributed by atoms with Crippen molar-refractivity contribution in [2.45, 2.75) is 76.7 Å². The average Bonchev–Trinajstić information content (AvgIpc) is 3.01.